The van der Waals surface area contributed by atoms with E-state index in [4.69, 9.17) is 16.3 Å². The van der Waals surface area contributed by atoms with E-state index < -0.39 is 4.92 Å². The first-order valence-corrected chi connectivity index (χ1v) is 7.93. The highest BCUT2D eigenvalue weighted by molar-refractivity contribution is 6.33. The molecule has 6 nitrogen and oxygen atoms in total. The number of nitrogens with zero attached hydrogens (tertiary/aromatic N) is 3. The second kappa shape index (κ2) is 5.35. The second-order valence-corrected chi connectivity index (χ2v) is 7.27. The van der Waals surface area contributed by atoms with Crippen molar-refractivity contribution in [1.82, 2.24) is 4.98 Å². The van der Waals surface area contributed by atoms with Gasteiger partial charge in [-0.25, -0.2) is 4.98 Å². The van der Waals surface area contributed by atoms with Gasteiger partial charge in [-0.15, -0.1) is 0 Å². The van der Waals surface area contributed by atoms with Crippen LogP contribution in [0.2, 0.25) is 5.02 Å². The Morgan fingerprint density at radius 2 is 2.05 bits per heavy atom. The molecule has 120 valence electrons. The molecule has 3 rings (SSSR count). The molecule has 2 fully saturated rings. The van der Waals surface area contributed by atoms with Crippen LogP contribution in [0.3, 0.4) is 0 Å². The summed E-state index contributed by atoms with van der Waals surface area (Å²) >= 11 is 6.25. The van der Waals surface area contributed by atoms with Crippen LogP contribution in [-0.4, -0.2) is 34.2 Å². The number of aromatic nitrogens is 1. The maximum Gasteiger partial charge on any atom is 0.289 e. The highest BCUT2D eigenvalue weighted by Gasteiger charge is 2.46. The number of anilines is 1. The van der Waals surface area contributed by atoms with Crippen LogP contribution < -0.4 is 4.90 Å². The van der Waals surface area contributed by atoms with Crippen LogP contribution in [0, 0.1) is 10.1 Å². The molecule has 0 radical (unpaired) electrons. The lowest BCUT2D eigenvalue weighted by atomic mass is 9.94. The van der Waals surface area contributed by atoms with Gasteiger partial charge in [-0.05, 0) is 26.7 Å². The summed E-state index contributed by atoms with van der Waals surface area (Å²) in [5.74, 6) is 0.606. The van der Waals surface area contributed by atoms with Gasteiger partial charge in [0.1, 0.15) is 12.0 Å². The first-order chi connectivity index (χ1) is 10.3. The molecule has 22 heavy (non-hydrogen) atoms. The predicted octanol–water partition coefficient (Wildman–Crippen LogP) is 3.57. The van der Waals surface area contributed by atoms with Gasteiger partial charge in [0, 0.05) is 19.2 Å². The fraction of sp³-hybridized carbons (Fsp3) is 0.667. The molecule has 1 aliphatic carbocycles. The molecule has 1 aromatic heterocycles. The van der Waals surface area contributed by atoms with Gasteiger partial charge in [-0.2, -0.15) is 0 Å². The molecule has 7 heteroatoms. The van der Waals surface area contributed by atoms with Crippen molar-refractivity contribution >= 4 is 23.1 Å². The van der Waals surface area contributed by atoms with Gasteiger partial charge in [0.25, 0.3) is 5.69 Å². The molecule has 2 aliphatic rings. The van der Waals surface area contributed by atoms with Crippen molar-refractivity contribution in [3.63, 3.8) is 0 Å². The number of hydrogen-bond donors (Lipinski definition) is 0. The molecular weight excluding hydrogens is 306 g/mol. The van der Waals surface area contributed by atoms with E-state index in [1.807, 2.05) is 0 Å². The minimum atomic E-state index is -0.482. The molecule has 0 aromatic carbocycles. The molecule has 0 atom stereocenters. The topological polar surface area (TPSA) is 68.5 Å². The van der Waals surface area contributed by atoms with Gasteiger partial charge in [0.15, 0.2) is 0 Å². The number of morpholine rings is 1. The summed E-state index contributed by atoms with van der Waals surface area (Å²) in [5.41, 5.74) is -0.527. The number of rotatable bonds is 2. The first-order valence-electron chi connectivity index (χ1n) is 7.55. The Kier molecular flexibility index (Phi) is 3.77. The summed E-state index contributed by atoms with van der Waals surface area (Å²) in [4.78, 5) is 16.7. The van der Waals surface area contributed by atoms with Gasteiger partial charge in [-0.1, -0.05) is 24.4 Å². The maximum absolute atomic E-state index is 10.8. The standard InChI is InChI=1S/C15H20ClN3O3/c1-14(2)9-18(10-15(22-14)5-3-4-6-15)13-12(16)7-11(8-17-13)19(20)21/h7-8H,3-6,9-10H2,1-2H3. The van der Waals surface area contributed by atoms with E-state index in [1.54, 1.807) is 0 Å². The molecule has 1 spiro atoms. The minimum Gasteiger partial charge on any atom is -0.365 e. The van der Waals surface area contributed by atoms with E-state index in [1.165, 1.54) is 25.1 Å². The number of pyridine rings is 1. The average Bonchev–Trinajstić information content (AvgIpc) is 2.83. The molecule has 1 aliphatic heterocycles. The first kappa shape index (κ1) is 15.5. The molecule has 0 unspecified atom stereocenters. The Balaban J connectivity index is 1.91. The van der Waals surface area contributed by atoms with Crippen LogP contribution in [0.25, 0.3) is 0 Å². The lowest BCUT2D eigenvalue weighted by Gasteiger charge is -2.49. The summed E-state index contributed by atoms with van der Waals surface area (Å²) in [6.07, 6.45) is 5.69. The average molecular weight is 326 g/mol. The summed E-state index contributed by atoms with van der Waals surface area (Å²) in [6.45, 7) is 5.54. The van der Waals surface area contributed by atoms with Crippen molar-refractivity contribution in [1.29, 1.82) is 0 Å². The van der Waals surface area contributed by atoms with Crippen molar-refractivity contribution in [3.8, 4) is 0 Å². The molecule has 0 amide bonds. The fourth-order valence-electron chi connectivity index (χ4n) is 3.70. The van der Waals surface area contributed by atoms with Crippen LogP contribution in [0.15, 0.2) is 12.3 Å². The van der Waals surface area contributed by atoms with Crippen molar-refractivity contribution in [2.24, 2.45) is 0 Å². The number of hydrogen-bond acceptors (Lipinski definition) is 5. The van der Waals surface area contributed by atoms with Crippen molar-refractivity contribution in [2.45, 2.75) is 50.7 Å². The van der Waals surface area contributed by atoms with Gasteiger partial charge in [0.2, 0.25) is 0 Å². The fourth-order valence-corrected chi connectivity index (χ4v) is 3.98. The van der Waals surface area contributed by atoms with Crippen LogP contribution in [0.1, 0.15) is 39.5 Å². The highest BCUT2D eigenvalue weighted by Crippen LogP contribution is 2.42. The molecule has 1 saturated carbocycles. The Hall–Kier alpha value is -1.40. The molecule has 0 N–H and O–H groups in total. The normalized spacial score (nSPS) is 23.0. The Morgan fingerprint density at radius 1 is 1.36 bits per heavy atom. The van der Waals surface area contributed by atoms with Crippen LogP contribution in [-0.2, 0) is 4.74 Å². The van der Waals surface area contributed by atoms with Gasteiger partial charge >= 0.3 is 0 Å². The summed E-state index contributed by atoms with van der Waals surface area (Å²) in [7, 11) is 0. The third-order valence-electron chi connectivity index (χ3n) is 4.38. The van der Waals surface area contributed by atoms with Crippen molar-refractivity contribution in [3.05, 3.63) is 27.4 Å². The maximum atomic E-state index is 10.8. The second-order valence-electron chi connectivity index (χ2n) is 6.86. The zero-order valence-electron chi connectivity index (χ0n) is 12.8. The minimum absolute atomic E-state index is 0.0863. The van der Waals surface area contributed by atoms with Gasteiger partial charge < -0.3 is 9.64 Å². The number of halogens is 1. The lowest BCUT2D eigenvalue weighted by Crippen LogP contribution is -2.59. The predicted molar refractivity (Wildman–Crippen MR) is 84.5 cm³/mol. The Bertz CT molecular complexity index is 600. The summed E-state index contributed by atoms with van der Waals surface area (Å²) < 4.78 is 6.36. The largest absolute Gasteiger partial charge is 0.365 e. The van der Waals surface area contributed by atoms with Crippen LogP contribution in [0.5, 0.6) is 0 Å². The zero-order chi connectivity index (χ0) is 16.0. The lowest BCUT2D eigenvalue weighted by molar-refractivity contribution is -0.385. The zero-order valence-corrected chi connectivity index (χ0v) is 13.6. The van der Waals surface area contributed by atoms with E-state index >= 15 is 0 Å². The quantitative estimate of drug-likeness (QED) is 0.614. The van der Waals surface area contributed by atoms with E-state index in [0.29, 0.717) is 17.4 Å². The van der Waals surface area contributed by atoms with Gasteiger partial charge in [0.05, 0.1) is 21.1 Å². The summed E-state index contributed by atoms with van der Waals surface area (Å²) in [5, 5.41) is 11.1. The van der Waals surface area contributed by atoms with E-state index in [9.17, 15) is 10.1 Å². The van der Waals surface area contributed by atoms with E-state index in [2.05, 4.69) is 23.7 Å². The van der Waals surface area contributed by atoms with Crippen LogP contribution >= 0.6 is 11.6 Å². The highest BCUT2D eigenvalue weighted by atomic mass is 35.5. The van der Waals surface area contributed by atoms with Crippen molar-refractivity contribution in [2.75, 3.05) is 18.0 Å². The monoisotopic (exact) mass is 325 g/mol. The third-order valence-corrected chi connectivity index (χ3v) is 4.65. The number of ether oxygens (including phenoxy) is 1. The molecule has 1 saturated heterocycles. The Morgan fingerprint density at radius 3 is 2.64 bits per heavy atom. The Labute approximate surface area is 134 Å². The molecule has 2 heterocycles. The molecular formula is C15H20ClN3O3. The molecule has 1 aromatic rings. The van der Waals surface area contributed by atoms with E-state index in [0.717, 1.165) is 19.4 Å². The van der Waals surface area contributed by atoms with Crippen molar-refractivity contribution < 1.29 is 9.66 Å². The van der Waals surface area contributed by atoms with Crippen LogP contribution in [0.4, 0.5) is 11.5 Å². The number of nitro groups is 1. The van der Waals surface area contributed by atoms with E-state index in [-0.39, 0.29) is 16.9 Å². The smallest absolute Gasteiger partial charge is 0.289 e. The SMILES string of the molecule is CC1(C)CN(c2ncc([N+](=O)[O-])cc2Cl)CC2(CCCC2)O1. The third kappa shape index (κ3) is 2.90. The van der Waals surface area contributed by atoms with Gasteiger partial charge in [-0.3, -0.25) is 10.1 Å². The molecule has 0 bridgehead atoms. The summed E-state index contributed by atoms with van der Waals surface area (Å²) in [6, 6.07) is 1.37.